The molecule has 0 bridgehead atoms. The topological polar surface area (TPSA) is 101 Å². The number of hydrogen-bond acceptors (Lipinski definition) is 7. The summed E-state index contributed by atoms with van der Waals surface area (Å²) in [5, 5.41) is 27.4. The van der Waals surface area contributed by atoms with E-state index >= 15 is 0 Å². The van der Waals surface area contributed by atoms with Crippen molar-refractivity contribution in [1.29, 1.82) is 0 Å². The Morgan fingerprint density at radius 3 is 1.10 bits per heavy atom. The van der Waals surface area contributed by atoms with Gasteiger partial charge in [-0.15, -0.1) is 15.3 Å². The Bertz CT molecular complexity index is 1530. The number of ether oxygens (including phenoxy) is 1. The predicted octanol–water partition coefficient (Wildman–Crippen LogP) is 4.71. The van der Waals surface area contributed by atoms with Crippen molar-refractivity contribution >= 4 is 0 Å². The number of hydrogen-bond donors (Lipinski definition) is 0. The lowest BCUT2D eigenvalue weighted by molar-refractivity contribution is -0.0978. The summed E-state index contributed by atoms with van der Waals surface area (Å²) in [5.41, 5.74) is 3.04. The molecule has 0 radical (unpaired) electrons. The molecule has 10 nitrogen and oxygen atoms in total. The van der Waals surface area contributed by atoms with Gasteiger partial charge in [0.2, 0.25) is 5.60 Å². The predicted molar refractivity (Wildman–Crippen MR) is 157 cm³/mol. The van der Waals surface area contributed by atoms with Crippen LogP contribution in [0.3, 0.4) is 0 Å². The molecule has 0 amide bonds. The SMILES string of the molecule is CC(C)(C)OC(c1cn(Cc2ccccc2)nn1)(c1cn(Cc2ccccc2)nn1)c1cn(Cc2ccccc2)nn1. The van der Waals surface area contributed by atoms with Crippen molar-refractivity contribution in [3.8, 4) is 0 Å². The fourth-order valence-corrected chi connectivity index (χ4v) is 4.93. The molecule has 3 heterocycles. The van der Waals surface area contributed by atoms with Crippen molar-refractivity contribution in [3.05, 3.63) is 143 Å². The smallest absolute Gasteiger partial charge is 0.204 e. The Labute approximate surface area is 244 Å². The molecule has 0 N–H and O–H groups in total. The van der Waals surface area contributed by atoms with E-state index in [-0.39, 0.29) is 0 Å². The molecule has 10 heteroatoms. The van der Waals surface area contributed by atoms with E-state index in [9.17, 15) is 0 Å². The highest BCUT2D eigenvalue weighted by atomic mass is 16.5. The van der Waals surface area contributed by atoms with Gasteiger partial charge in [0.1, 0.15) is 17.1 Å². The van der Waals surface area contributed by atoms with Gasteiger partial charge in [0.15, 0.2) is 0 Å². The quantitative estimate of drug-likeness (QED) is 0.240. The van der Waals surface area contributed by atoms with Crippen LogP contribution in [0.5, 0.6) is 0 Å². The highest BCUT2D eigenvalue weighted by molar-refractivity contribution is 5.36. The third-order valence-corrected chi connectivity index (χ3v) is 6.72. The summed E-state index contributed by atoms with van der Waals surface area (Å²) in [6.45, 7) is 7.67. The first-order valence-corrected chi connectivity index (χ1v) is 13.9. The Kier molecular flexibility index (Phi) is 7.45. The van der Waals surface area contributed by atoms with E-state index < -0.39 is 11.2 Å². The van der Waals surface area contributed by atoms with Crippen LogP contribution in [0.25, 0.3) is 0 Å². The van der Waals surface area contributed by atoms with Crippen LogP contribution in [0, 0.1) is 0 Å². The van der Waals surface area contributed by atoms with Gasteiger partial charge in [0.05, 0.1) is 43.8 Å². The maximum Gasteiger partial charge on any atom is 0.204 e. The van der Waals surface area contributed by atoms with Crippen molar-refractivity contribution in [2.45, 2.75) is 51.6 Å². The number of aromatic nitrogens is 9. The van der Waals surface area contributed by atoms with Crippen LogP contribution in [0.4, 0.5) is 0 Å². The molecule has 0 aliphatic heterocycles. The standard InChI is InChI=1S/C32H33N9O/c1-31(2,3)42-32(28-22-39(36-33-28)19-25-13-7-4-8-14-25,29-23-40(37-34-29)20-26-15-9-5-10-16-26)30-24-41(38-35-30)21-27-17-11-6-12-18-27/h4-18,22-24H,19-21H2,1-3H3. The highest BCUT2D eigenvalue weighted by Gasteiger charge is 2.48. The summed E-state index contributed by atoms with van der Waals surface area (Å²) >= 11 is 0. The molecule has 0 aliphatic carbocycles. The second-order valence-electron chi connectivity index (χ2n) is 11.3. The van der Waals surface area contributed by atoms with E-state index in [2.05, 4.69) is 67.3 Å². The third-order valence-electron chi connectivity index (χ3n) is 6.72. The van der Waals surface area contributed by atoms with Gasteiger partial charge in [-0.05, 0) is 37.5 Å². The fraction of sp³-hybridized carbons (Fsp3) is 0.250. The van der Waals surface area contributed by atoms with Crippen molar-refractivity contribution in [3.63, 3.8) is 0 Å². The molecular weight excluding hydrogens is 526 g/mol. The molecule has 3 aromatic carbocycles. The largest absolute Gasteiger partial charge is 0.350 e. The molecule has 0 saturated carbocycles. The minimum atomic E-state index is -1.32. The molecule has 42 heavy (non-hydrogen) atoms. The van der Waals surface area contributed by atoms with Gasteiger partial charge in [-0.1, -0.05) is 107 Å². The molecule has 3 aromatic heterocycles. The minimum absolute atomic E-state index is 0.548. The van der Waals surface area contributed by atoms with Crippen molar-refractivity contribution in [2.75, 3.05) is 0 Å². The Morgan fingerprint density at radius 1 is 0.500 bits per heavy atom. The molecule has 0 unspecified atom stereocenters. The summed E-state index contributed by atoms with van der Waals surface area (Å²) in [4.78, 5) is 0. The van der Waals surface area contributed by atoms with E-state index in [1.165, 1.54) is 0 Å². The first-order valence-electron chi connectivity index (χ1n) is 13.9. The summed E-state index contributed by atoms with van der Waals surface area (Å²) in [6.07, 6.45) is 5.68. The van der Waals surface area contributed by atoms with Crippen LogP contribution in [-0.2, 0) is 30.0 Å². The lowest BCUT2D eigenvalue weighted by atomic mass is 9.91. The van der Waals surface area contributed by atoms with Crippen LogP contribution in [0.15, 0.2) is 110 Å². The lowest BCUT2D eigenvalue weighted by Gasteiger charge is -2.35. The third kappa shape index (κ3) is 6.03. The van der Waals surface area contributed by atoms with Crippen LogP contribution in [0.2, 0.25) is 0 Å². The average molecular weight is 560 g/mol. The zero-order valence-corrected chi connectivity index (χ0v) is 23.9. The van der Waals surface area contributed by atoms with Crippen molar-refractivity contribution in [1.82, 2.24) is 45.0 Å². The van der Waals surface area contributed by atoms with Gasteiger partial charge in [0.25, 0.3) is 0 Å². The zero-order chi connectivity index (χ0) is 29.0. The summed E-state index contributed by atoms with van der Waals surface area (Å²) in [5.74, 6) is 0. The molecular formula is C32H33N9O. The van der Waals surface area contributed by atoms with E-state index in [4.69, 9.17) is 4.74 Å². The molecule has 0 saturated heterocycles. The zero-order valence-electron chi connectivity index (χ0n) is 23.9. The average Bonchev–Trinajstić information content (AvgIpc) is 3.76. The monoisotopic (exact) mass is 559 g/mol. The first-order chi connectivity index (χ1) is 20.4. The fourth-order valence-electron chi connectivity index (χ4n) is 4.93. The molecule has 6 rings (SSSR count). The Balaban J connectivity index is 1.45. The van der Waals surface area contributed by atoms with Gasteiger partial charge in [-0.2, -0.15) is 0 Å². The van der Waals surface area contributed by atoms with E-state index in [1.807, 2.05) is 94.0 Å². The second kappa shape index (κ2) is 11.5. The van der Waals surface area contributed by atoms with E-state index in [0.29, 0.717) is 36.7 Å². The molecule has 0 atom stereocenters. The number of benzene rings is 3. The van der Waals surface area contributed by atoms with Crippen LogP contribution in [-0.4, -0.2) is 50.6 Å². The molecule has 0 fully saturated rings. The molecule has 0 aliphatic rings. The summed E-state index contributed by atoms with van der Waals surface area (Å²) in [7, 11) is 0. The Morgan fingerprint density at radius 2 is 0.810 bits per heavy atom. The van der Waals surface area contributed by atoms with E-state index in [0.717, 1.165) is 16.7 Å². The summed E-state index contributed by atoms with van der Waals surface area (Å²) < 4.78 is 12.3. The van der Waals surface area contributed by atoms with Crippen molar-refractivity contribution < 1.29 is 4.74 Å². The molecule has 212 valence electrons. The molecule has 6 aromatic rings. The Hall–Kier alpha value is -4.96. The van der Waals surface area contributed by atoms with Gasteiger partial charge < -0.3 is 4.74 Å². The van der Waals surface area contributed by atoms with Gasteiger partial charge in [-0.3, -0.25) is 0 Å². The maximum atomic E-state index is 6.93. The van der Waals surface area contributed by atoms with Crippen LogP contribution < -0.4 is 0 Å². The normalized spacial score (nSPS) is 12.1. The van der Waals surface area contributed by atoms with E-state index in [1.54, 1.807) is 14.0 Å². The minimum Gasteiger partial charge on any atom is -0.350 e. The van der Waals surface area contributed by atoms with Gasteiger partial charge >= 0.3 is 0 Å². The van der Waals surface area contributed by atoms with Crippen molar-refractivity contribution in [2.24, 2.45) is 0 Å². The number of nitrogens with zero attached hydrogens (tertiary/aromatic N) is 9. The van der Waals surface area contributed by atoms with Gasteiger partial charge in [0, 0.05) is 0 Å². The number of rotatable bonds is 10. The summed E-state index contributed by atoms with van der Waals surface area (Å²) in [6, 6.07) is 30.4. The van der Waals surface area contributed by atoms with Gasteiger partial charge in [-0.25, -0.2) is 14.0 Å². The van der Waals surface area contributed by atoms with Crippen LogP contribution >= 0.6 is 0 Å². The highest BCUT2D eigenvalue weighted by Crippen LogP contribution is 2.40. The van der Waals surface area contributed by atoms with Crippen LogP contribution in [0.1, 0.15) is 54.5 Å². The first kappa shape index (κ1) is 27.2. The second-order valence-corrected chi connectivity index (χ2v) is 11.3. The lowest BCUT2D eigenvalue weighted by Crippen LogP contribution is -2.41. The maximum absolute atomic E-state index is 6.93. The molecule has 0 spiro atoms.